The van der Waals surface area contributed by atoms with E-state index in [0.29, 0.717) is 34.6 Å². The number of benzene rings is 5. The van der Waals surface area contributed by atoms with E-state index in [9.17, 15) is 9.90 Å². The lowest BCUT2D eigenvalue weighted by molar-refractivity contribution is 0.0237. The molecule has 0 aliphatic carbocycles. The maximum atomic E-state index is 13.7. The Bertz CT molecular complexity index is 1850. The number of phenols is 1. The lowest BCUT2D eigenvalue weighted by Crippen LogP contribution is -2.31. The number of rotatable bonds is 14. The highest BCUT2D eigenvalue weighted by molar-refractivity contribution is 5.97. The molecule has 48 heavy (non-hydrogen) atoms. The topological polar surface area (TPSA) is 71.0 Å². The molecule has 2 N–H and O–H groups in total. The van der Waals surface area contributed by atoms with Gasteiger partial charge in [-0.25, -0.2) is 4.79 Å². The normalized spacial score (nSPS) is 15.1. The lowest BCUT2D eigenvalue weighted by Gasteiger charge is -2.34. The number of unbranched alkanes of at least 4 members (excludes halogenated alkanes) is 2. The zero-order valence-electron chi connectivity index (χ0n) is 28.0. The van der Waals surface area contributed by atoms with Gasteiger partial charge in [0.2, 0.25) is 0 Å². The first-order valence-corrected chi connectivity index (χ1v) is 17.0. The standard InChI is InChI=1S/C42H44N2O4/c1-4-6-24-44(25-7-5-2)33-22-23-36(39(45)27-33)42(35-21-15-14-20-34(35)41(46)48-42)37-28-38(43-32-18-12-9-13-19-32)30(3)26-40(37)47-29-31-16-10-8-11-17-31/h8-23,26-28,43,45H,4-7,24-25,29H2,1-3H3. The minimum Gasteiger partial charge on any atom is -0.507 e. The molecule has 6 heteroatoms. The van der Waals surface area contributed by atoms with Gasteiger partial charge in [-0.2, -0.15) is 0 Å². The average Bonchev–Trinajstić information content (AvgIpc) is 3.41. The fraction of sp³-hybridized carbons (Fsp3) is 0.262. The number of hydrogen-bond donors (Lipinski definition) is 2. The van der Waals surface area contributed by atoms with E-state index < -0.39 is 11.6 Å². The van der Waals surface area contributed by atoms with Crippen LogP contribution in [0.3, 0.4) is 0 Å². The van der Waals surface area contributed by atoms with E-state index in [1.807, 2.05) is 116 Å². The second kappa shape index (κ2) is 14.7. The molecule has 6 rings (SSSR count). The molecule has 6 nitrogen and oxygen atoms in total. The summed E-state index contributed by atoms with van der Waals surface area (Å²) in [6.45, 7) is 8.53. The summed E-state index contributed by atoms with van der Waals surface area (Å²) in [6, 6.07) is 37.1. The Morgan fingerprint density at radius 2 is 1.44 bits per heavy atom. The quantitative estimate of drug-likeness (QED) is 0.118. The molecule has 0 amide bonds. The summed E-state index contributed by atoms with van der Waals surface area (Å²) >= 11 is 0. The minimum absolute atomic E-state index is 0.0575. The lowest BCUT2D eigenvalue weighted by atomic mass is 9.78. The predicted molar refractivity (Wildman–Crippen MR) is 194 cm³/mol. The Balaban J connectivity index is 1.55. The molecule has 246 valence electrons. The number of ether oxygens (including phenoxy) is 2. The van der Waals surface area contributed by atoms with Crippen molar-refractivity contribution in [1.82, 2.24) is 0 Å². The first-order chi connectivity index (χ1) is 23.4. The fourth-order valence-corrected chi connectivity index (χ4v) is 6.47. The predicted octanol–water partition coefficient (Wildman–Crippen LogP) is 9.89. The van der Waals surface area contributed by atoms with Gasteiger partial charge in [0.05, 0.1) is 5.56 Å². The van der Waals surface area contributed by atoms with Gasteiger partial charge in [0, 0.05) is 52.9 Å². The SMILES string of the molecule is CCCCN(CCCC)c1ccc(C2(c3cc(Nc4ccccc4)c(C)cc3OCc3ccccc3)OC(=O)c3ccccc32)c(O)c1. The first kappa shape index (κ1) is 32.7. The third-order valence-corrected chi connectivity index (χ3v) is 9.06. The summed E-state index contributed by atoms with van der Waals surface area (Å²) in [7, 11) is 0. The third kappa shape index (κ3) is 6.61. The minimum atomic E-state index is -1.47. The molecule has 5 aromatic carbocycles. The van der Waals surface area contributed by atoms with Crippen molar-refractivity contribution in [2.75, 3.05) is 23.3 Å². The van der Waals surface area contributed by atoms with Crippen LogP contribution in [-0.2, 0) is 16.9 Å². The number of hydrogen-bond acceptors (Lipinski definition) is 6. The number of cyclic esters (lactones) is 1. The fourth-order valence-electron chi connectivity index (χ4n) is 6.47. The summed E-state index contributed by atoms with van der Waals surface area (Å²) < 4.78 is 13.1. The second-order valence-corrected chi connectivity index (χ2v) is 12.4. The van der Waals surface area contributed by atoms with E-state index in [4.69, 9.17) is 9.47 Å². The summed E-state index contributed by atoms with van der Waals surface area (Å²) in [5, 5.41) is 15.5. The number of para-hydroxylation sites is 1. The van der Waals surface area contributed by atoms with Crippen molar-refractivity contribution < 1.29 is 19.4 Å². The summed E-state index contributed by atoms with van der Waals surface area (Å²) in [5.74, 6) is 0.173. The van der Waals surface area contributed by atoms with Crippen LogP contribution >= 0.6 is 0 Å². The Labute approximate surface area is 284 Å². The maximum Gasteiger partial charge on any atom is 0.340 e. The van der Waals surface area contributed by atoms with Crippen molar-refractivity contribution in [3.05, 3.63) is 149 Å². The van der Waals surface area contributed by atoms with Crippen molar-refractivity contribution in [3.63, 3.8) is 0 Å². The van der Waals surface area contributed by atoms with Gasteiger partial charge in [-0.3, -0.25) is 0 Å². The highest BCUT2D eigenvalue weighted by Crippen LogP contribution is 2.53. The molecule has 0 spiro atoms. The molecule has 0 fully saturated rings. The maximum absolute atomic E-state index is 13.7. The number of phenolic OH excluding ortho intramolecular Hbond substituents is 1. The number of nitrogens with one attached hydrogen (secondary N) is 1. The largest absolute Gasteiger partial charge is 0.507 e. The molecular weight excluding hydrogens is 596 g/mol. The van der Waals surface area contributed by atoms with Gasteiger partial charge in [0.1, 0.15) is 18.1 Å². The van der Waals surface area contributed by atoms with Crippen LogP contribution in [0.1, 0.15) is 77.7 Å². The van der Waals surface area contributed by atoms with E-state index >= 15 is 0 Å². The molecule has 0 aromatic heterocycles. The van der Waals surface area contributed by atoms with E-state index in [1.165, 1.54) is 0 Å². The number of nitrogens with zero attached hydrogens (tertiary/aromatic N) is 1. The monoisotopic (exact) mass is 640 g/mol. The summed E-state index contributed by atoms with van der Waals surface area (Å²) in [5.41, 5.74) is 5.43. The van der Waals surface area contributed by atoms with Crippen LogP contribution in [0.15, 0.2) is 115 Å². The Morgan fingerprint density at radius 1 is 0.771 bits per heavy atom. The number of carbonyl (C=O) groups is 1. The molecule has 0 bridgehead atoms. The van der Waals surface area contributed by atoms with E-state index in [0.717, 1.165) is 67.0 Å². The smallest absolute Gasteiger partial charge is 0.340 e. The van der Waals surface area contributed by atoms with Crippen LogP contribution in [-0.4, -0.2) is 24.2 Å². The van der Waals surface area contributed by atoms with E-state index in [1.54, 1.807) is 6.07 Å². The van der Waals surface area contributed by atoms with E-state index in [2.05, 4.69) is 24.1 Å². The number of fused-ring (bicyclic) bond motifs is 1. The van der Waals surface area contributed by atoms with Crippen LogP contribution in [0.4, 0.5) is 17.1 Å². The molecule has 1 heterocycles. The zero-order chi connectivity index (χ0) is 33.5. The molecule has 0 saturated heterocycles. The van der Waals surface area contributed by atoms with Gasteiger partial charge < -0.3 is 24.8 Å². The van der Waals surface area contributed by atoms with Crippen LogP contribution in [0.2, 0.25) is 0 Å². The summed E-state index contributed by atoms with van der Waals surface area (Å²) in [4.78, 5) is 16.0. The number of aryl methyl sites for hydroxylation is 1. The van der Waals surface area contributed by atoms with Gasteiger partial charge in [0.15, 0.2) is 5.60 Å². The van der Waals surface area contributed by atoms with Crippen molar-refractivity contribution in [2.45, 2.75) is 58.7 Å². The number of aromatic hydroxyl groups is 1. The first-order valence-electron chi connectivity index (χ1n) is 17.0. The highest BCUT2D eigenvalue weighted by atomic mass is 16.6. The van der Waals surface area contributed by atoms with Crippen LogP contribution in [0.5, 0.6) is 11.5 Å². The van der Waals surface area contributed by atoms with Crippen LogP contribution < -0.4 is 15.0 Å². The molecule has 5 aromatic rings. The molecular formula is C42H44N2O4. The molecule has 0 radical (unpaired) electrons. The highest BCUT2D eigenvalue weighted by Gasteiger charge is 2.51. The number of anilines is 3. The van der Waals surface area contributed by atoms with Crippen molar-refractivity contribution in [2.24, 2.45) is 0 Å². The molecule has 1 aliphatic rings. The molecule has 1 unspecified atom stereocenters. The Hall–Kier alpha value is -5.23. The average molecular weight is 641 g/mol. The van der Waals surface area contributed by atoms with Gasteiger partial charge >= 0.3 is 5.97 Å². The van der Waals surface area contributed by atoms with Gasteiger partial charge in [-0.1, -0.05) is 93.4 Å². The molecule has 1 aliphatic heterocycles. The van der Waals surface area contributed by atoms with Crippen molar-refractivity contribution >= 4 is 23.0 Å². The van der Waals surface area contributed by atoms with Crippen molar-refractivity contribution in [3.8, 4) is 11.5 Å². The van der Waals surface area contributed by atoms with Gasteiger partial charge in [0.25, 0.3) is 0 Å². The van der Waals surface area contributed by atoms with Crippen molar-refractivity contribution in [1.29, 1.82) is 0 Å². The number of carbonyl (C=O) groups excluding carboxylic acids is 1. The van der Waals surface area contributed by atoms with E-state index in [-0.39, 0.29) is 5.75 Å². The second-order valence-electron chi connectivity index (χ2n) is 12.4. The molecule has 0 saturated carbocycles. The third-order valence-electron chi connectivity index (χ3n) is 9.06. The van der Waals surface area contributed by atoms with Crippen LogP contribution in [0, 0.1) is 6.92 Å². The number of esters is 1. The van der Waals surface area contributed by atoms with Gasteiger partial charge in [-0.05, 0) is 73.4 Å². The Morgan fingerprint density at radius 3 is 2.12 bits per heavy atom. The zero-order valence-corrected chi connectivity index (χ0v) is 28.0. The Kier molecular flexibility index (Phi) is 10.0. The van der Waals surface area contributed by atoms with Gasteiger partial charge in [-0.15, -0.1) is 0 Å². The molecule has 1 atom stereocenters. The summed E-state index contributed by atoms with van der Waals surface area (Å²) in [6.07, 6.45) is 4.29. The van der Waals surface area contributed by atoms with Crippen LogP contribution in [0.25, 0.3) is 0 Å².